The minimum atomic E-state index is -0.944. The minimum absolute atomic E-state index is 0.302. The molecule has 0 aliphatic heterocycles. The second-order valence-corrected chi connectivity index (χ2v) is 8.38. The molecule has 1 amide bonds. The number of hydrogen-bond donors (Lipinski definition) is 2. The van der Waals surface area contributed by atoms with Gasteiger partial charge >= 0.3 is 11.9 Å². The number of carbonyl (C=O) groups is 3. The molecule has 2 N–H and O–H groups in total. The van der Waals surface area contributed by atoms with Crippen LogP contribution in [0.1, 0.15) is 49.9 Å². The van der Waals surface area contributed by atoms with Crippen LogP contribution in [0.25, 0.3) is 11.1 Å². The first-order valence-electron chi connectivity index (χ1n) is 9.80. The van der Waals surface area contributed by atoms with E-state index >= 15 is 0 Å². The van der Waals surface area contributed by atoms with Crippen molar-refractivity contribution < 1.29 is 24.2 Å². The van der Waals surface area contributed by atoms with E-state index in [1.165, 1.54) is 11.3 Å². The van der Waals surface area contributed by atoms with Gasteiger partial charge in [-0.1, -0.05) is 43.2 Å². The fraction of sp³-hybridized carbons (Fsp3) is 0.409. The number of carbonyl (C=O) groups excluding carboxylic acids is 2. The van der Waals surface area contributed by atoms with Crippen LogP contribution in [-0.4, -0.2) is 29.1 Å². The van der Waals surface area contributed by atoms with E-state index in [0.717, 1.165) is 18.4 Å². The molecule has 1 aliphatic rings. The van der Waals surface area contributed by atoms with Crippen molar-refractivity contribution in [3.05, 3.63) is 41.3 Å². The molecule has 3 rings (SSSR count). The lowest BCUT2D eigenvalue weighted by molar-refractivity contribution is -0.147. The number of hydrogen-bond acceptors (Lipinski definition) is 5. The van der Waals surface area contributed by atoms with Crippen molar-refractivity contribution in [2.75, 3.05) is 5.32 Å². The molecule has 29 heavy (non-hydrogen) atoms. The van der Waals surface area contributed by atoms with Gasteiger partial charge in [-0.25, -0.2) is 4.79 Å². The van der Waals surface area contributed by atoms with Gasteiger partial charge in [0.2, 0.25) is 5.91 Å². The molecule has 0 bridgehead atoms. The molecule has 2 atom stereocenters. The summed E-state index contributed by atoms with van der Waals surface area (Å²) in [4.78, 5) is 37.3. The lowest BCUT2D eigenvalue weighted by Gasteiger charge is -2.27. The standard InChI is InChI=1S/C22H25NO5S/c1-13(2)28-22(27)18-17(14-8-4-3-5-9-14)12-29-20(18)23-19(24)15-10-6-7-11-16(15)21(25)26/h3-5,8-9,12-13,15-16H,6-7,10-11H2,1-2H3,(H,23,24)(H,25,26)/t15-,16-/m0/s1. The summed E-state index contributed by atoms with van der Waals surface area (Å²) in [5.41, 5.74) is 1.85. The number of anilines is 1. The van der Waals surface area contributed by atoms with Crippen molar-refractivity contribution in [3.8, 4) is 11.1 Å². The number of nitrogens with one attached hydrogen (secondary N) is 1. The fourth-order valence-corrected chi connectivity index (χ4v) is 4.66. The normalized spacial score (nSPS) is 19.0. The monoisotopic (exact) mass is 415 g/mol. The van der Waals surface area contributed by atoms with E-state index < -0.39 is 23.8 Å². The van der Waals surface area contributed by atoms with Crippen LogP contribution >= 0.6 is 11.3 Å². The van der Waals surface area contributed by atoms with Crippen molar-refractivity contribution >= 4 is 34.2 Å². The van der Waals surface area contributed by atoms with E-state index in [9.17, 15) is 19.5 Å². The molecule has 0 unspecified atom stereocenters. The van der Waals surface area contributed by atoms with E-state index in [1.807, 2.05) is 35.7 Å². The Morgan fingerprint density at radius 3 is 2.38 bits per heavy atom. The van der Waals surface area contributed by atoms with E-state index in [0.29, 0.717) is 29.0 Å². The summed E-state index contributed by atoms with van der Waals surface area (Å²) in [6.45, 7) is 3.54. The van der Waals surface area contributed by atoms with Crippen LogP contribution in [0, 0.1) is 11.8 Å². The van der Waals surface area contributed by atoms with Gasteiger partial charge in [-0.15, -0.1) is 11.3 Å². The molecule has 6 nitrogen and oxygen atoms in total. The molecular formula is C22H25NO5S. The highest BCUT2D eigenvalue weighted by molar-refractivity contribution is 7.15. The van der Waals surface area contributed by atoms with Gasteiger partial charge in [0.25, 0.3) is 0 Å². The average molecular weight is 416 g/mol. The first-order valence-corrected chi connectivity index (χ1v) is 10.7. The van der Waals surface area contributed by atoms with Gasteiger partial charge in [0, 0.05) is 10.9 Å². The summed E-state index contributed by atoms with van der Waals surface area (Å²) in [6, 6.07) is 9.42. The van der Waals surface area contributed by atoms with Crippen molar-refractivity contribution in [1.29, 1.82) is 0 Å². The Morgan fingerprint density at radius 2 is 1.76 bits per heavy atom. The smallest absolute Gasteiger partial charge is 0.342 e. The maximum Gasteiger partial charge on any atom is 0.342 e. The molecule has 7 heteroatoms. The summed E-state index contributed by atoms with van der Waals surface area (Å²) in [5.74, 6) is -3.09. The molecule has 154 valence electrons. The molecule has 1 heterocycles. The number of esters is 1. The summed E-state index contributed by atoms with van der Waals surface area (Å²) < 4.78 is 5.41. The number of rotatable bonds is 6. The Kier molecular flexibility index (Phi) is 6.69. The topological polar surface area (TPSA) is 92.7 Å². The highest BCUT2D eigenvalue weighted by Gasteiger charge is 2.36. The summed E-state index contributed by atoms with van der Waals surface area (Å²) in [7, 11) is 0. The Morgan fingerprint density at radius 1 is 1.10 bits per heavy atom. The van der Waals surface area contributed by atoms with Crippen LogP contribution in [-0.2, 0) is 14.3 Å². The van der Waals surface area contributed by atoms with Gasteiger partial charge in [0.05, 0.1) is 17.9 Å². The minimum Gasteiger partial charge on any atom is -0.481 e. The first kappa shape index (κ1) is 21.0. The van der Waals surface area contributed by atoms with Crippen LogP contribution in [0.2, 0.25) is 0 Å². The molecule has 2 aromatic rings. The predicted molar refractivity (Wildman–Crippen MR) is 112 cm³/mol. The molecule has 0 spiro atoms. The lowest BCUT2D eigenvalue weighted by atomic mass is 9.79. The van der Waals surface area contributed by atoms with Crippen LogP contribution in [0.4, 0.5) is 5.00 Å². The Balaban J connectivity index is 1.92. The van der Waals surface area contributed by atoms with Crippen molar-refractivity contribution in [1.82, 2.24) is 0 Å². The van der Waals surface area contributed by atoms with Gasteiger partial charge in [-0.2, -0.15) is 0 Å². The van der Waals surface area contributed by atoms with Gasteiger partial charge < -0.3 is 15.2 Å². The van der Waals surface area contributed by atoms with E-state index in [-0.39, 0.29) is 12.0 Å². The highest BCUT2D eigenvalue weighted by Crippen LogP contribution is 2.38. The predicted octanol–water partition coefficient (Wildman–Crippen LogP) is 4.81. The number of ether oxygens (including phenoxy) is 1. The molecule has 0 saturated heterocycles. The molecular weight excluding hydrogens is 390 g/mol. The number of amides is 1. The molecule has 1 aliphatic carbocycles. The maximum absolute atomic E-state index is 12.9. The third-order valence-electron chi connectivity index (χ3n) is 5.08. The molecule has 1 aromatic heterocycles. The number of aliphatic carboxylic acids is 1. The van der Waals surface area contributed by atoms with Crippen molar-refractivity contribution in [2.45, 2.75) is 45.6 Å². The summed E-state index contributed by atoms with van der Waals surface area (Å²) in [5, 5.41) is 14.5. The van der Waals surface area contributed by atoms with Crippen molar-refractivity contribution in [3.63, 3.8) is 0 Å². The van der Waals surface area contributed by atoms with Crippen LogP contribution in [0.3, 0.4) is 0 Å². The van der Waals surface area contributed by atoms with E-state index in [4.69, 9.17) is 4.74 Å². The highest BCUT2D eigenvalue weighted by atomic mass is 32.1. The summed E-state index contributed by atoms with van der Waals surface area (Å²) >= 11 is 1.25. The molecule has 1 aromatic carbocycles. The molecule has 0 radical (unpaired) electrons. The van der Waals surface area contributed by atoms with Gasteiger partial charge in [-0.05, 0) is 32.3 Å². The largest absolute Gasteiger partial charge is 0.481 e. The number of carboxylic acids is 1. The SMILES string of the molecule is CC(C)OC(=O)c1c(-c2ccccc2)csc1NC(=O)[C@H]1CCCC[C@@H]1C(=O)O. The maximum atomic E-state index is 12.9. The third kappa shape index (κ3) is 4.85. The summed E-state index contributed by atoms with van der Waals surface area (Å²) in [6.07, 6.45) is 2.36. The second kappa shape index (κ2) is 9.22. The van der Waals surface area contributed by atoms with Gasteiger partial charge in [-0.3, -0.25) is 9.59 Å². The van der Waals surface area contributed by atoms with Crippen LogP contribution < -0.4 is 5.32 Å². The zero-order chi connectivity index (χ0) is 21.0. The van der Waals surface area contributed by atoms with E-state index in [2.05, 4.69) is 5.32 Å². The zero-order valence-corrected chi connectivity index (χ0v) is 17.3. The lowest BCUT2D eigenvalue weighted by Crippen LogP contribution is -2.36. The number of benzene rings is 1. The fourth-order valence-electron chi connectivity index (χ4n) is 3.70. The number of carboxylic acid groups (broad SMARTS) is 1. The average Bonchev–Trinajstić information content (AvgIpc) is 3.11. The van der Waals surface area contributed by atoms with Gasteiger partial charge in [0.1, 0.15) is 10.6 Å². The third-order valence-corrected chi connectivity index (χ3v) is 5.97. The second-order valence-electron chi connectivity index (χ2n) is 7.50. The number of thiophene rings is 1. The zero-order valence-electron chi connectivity index (χ0n) is 16.5. The molecule has 1 saturated carbocycles. The van der Waals surface area contributed by atoms with Crippen LogP contribution in [0.15, 0.2) is 35.7 Å². The van der Waals surface area contributed by atoms with E-state index in [1.54, 1.807) is 13.8 Å². The Hall–Kier alpha value is -2.67. The Labute approximate surface area is 173 Å². The quantitative estimate of drug-likeness (QED) is 0.661. The van der Waals surface area contributed by atoms with Gasteiger partial charge in [0.15, 0.2) is 0 Å². The van der Waals surface area contributed by atoms with Crippen molar-refractivity contribution in [2.24, 2.45) is 11.8 Å². The Bertz CT molecular complexity index is 890. The molecule has 1 fully saturated rings. The van der Waals surface area contributed by atoms with Crippen LogP contribution in [0.5, 0.6) is 0 Å². The first-order chi connectivity index (χ1) is 13.9.